The zero-order valence-corrected chi connectivity index (χ0v) is 12.8. The molecule has 0 aliphatic rings. The van der Waals surface area contributed by atoms with Crippen molar-refractivity contribution in [2.45, 2.75) is 19.4 Å². The summed E-state index contributed by atoms with van der Waals surface area (Å²) in [5.74, 6) is 0.846. The van der Waals surface area contributed by atoms with E-state index in [1.165, 1.54) is 0 Å². The van der Waals surface area contributed by atoms with E-state index >= 15 is 0 Å². The Morgan fingerprint density at radius 3 is 2.42 bits per heavy atom. The van der Waals surface area contributed by atoms with E-state index in [-0.39, 0.29) is 12.4 Å². The number of carbonyl (C=O) groups excluding carboxylic acids is 1. The highest BCUT2D eigenvalue weighted by Crippen LogP contribution is 2.36. The summed E-state index contributed by atoms with van der Waals surface area (Å²) in [6.45, 7) is 2.11. The van der Waals surface area contributed by atoms with Crippen LogP contribution in [0.2, 0.25) is 0 Å². The van der Waals surface area contributed by atoms with E-state index < -0.39 is 6.04 Å². The Hall–Kier alpha value is -1.27. The predicted molar refractivity (Wildman–Crippen MR) is 75.4 cm³/mol. The molecular weight excluding hydrogens is 314 g/mol. The van der Waals surface area contributed by atoms with Crippen LogP contribution in [0, 0.1) is 0 Å². The minimum atomic E-state index is -0.465. The van der Waals surface area contributed by atoms with Gasteiger partial charge < -0.3 is 19.9 Å². The normalized spacial score (nSPS) is 11.8. The highest BCUT2D eigenvalue weighted by Gasteiger charge is 2.18. The van der Waals surface area contributed by atoms with Gasteiger partial charge in [0.05, 0.1) is 27.2 Å². The Bertz CT molecular complexity index is 451. The van der Waals surface area contributed by atoms with Crippen LogP contribution in [0.15, 0.2) is 16.6 Å². The first-order chi connectivity index (χ1) is 9.03. The SMILES string of the molecule is CCOC(=O)CC(N)c1cc(OC)c(OC)cc1Br. The van der Waals surface area contributed by atoms with Gasteiger partial charge in [-0.1, -0.05) is 15.9 Å². The van der Waals surface area contributed by atoms with Gasteiger partial charge in [-0.05, 0) is 24.6 Å². The van der Waals surface area contributed by atoms with Gasteiger partial charge in [0.25, 0.3) is 0 Å². The molecular formula is C13H18BrNO4. The third-order valence-electron chi connectivity index (χ3n) is 2.59. The van der Waals surface area contributed by atoms with E-state index in [2.05, 4.69) is 15.9 Å². The molecule has 0 heterocycles. The highest BCUT2D eigenvalue weighted by atomic mass is 79.9. The molecule has 0 saturated heterocycles. The summed E-state index contributed by atoms with van der Waals surface area (Å²) in [5, 5.41) is 0. The van der Waals surface area contributed by atoms with Crippen LogP contribution in [0.4, 0.5) is 0 Å². The maximum absolute atomic E-state index is 11.4. The molecule has 1 atom stereocenters. The minimum Gasteiger partial charge on any atom is -0.493 e. The third kappa shape index (κ3) is 4.11. The first-order valence-electron chi connectivity index (χ1n) is 5.86. The average molecular weight is 332 g/mol. The van der Waals surface area contributed by atoms with Crippen LogP contribution in [-0.4, -0.2) is 26.8 Å². The molecule has 5 nitrogen and oxygen atoms in total. The second-order valence-electron chi connectivity index (χ2n) is 3.84. The first-order valence-corrected chi connectivity index (χ1v) is 6.65. The monoisotopic (exact) mass is 331 g/mol. The molecule has 6 heteroatoms. The molecule has 2 N–H and O–H groups in total. The maximum atomic E-state index is 11.4. The Morgan fingerprint density at radius 2 is 1.89 bits per heavy atom. The van der Waals surface area contributed by atoms with Gasteiger partial charge in [0.15, 0.2) is 11.5 Å². The second kappa shape index (κ2) is 7.35. The van der Waals surface area contributed by atoms with Gasteiger partial charge >= 0.3 is 5.97 Å². The van der Waals surface area contributed by atoms with Crippen molar-refractivity contribution < 1.29 is 19.0 Å². The Morgan fingerprint density at radius 1 is 1.32 bits per heavy atom. The number of hydrogen-bond donors (Lipinski definition) is 1. The molecule has 1 unspecified atom stereocenters. The minimum absolute atomic E-state index is 0.113. The van der Waals surface area contributed by atoms with Gasteiger partial charge in [-0.25, -0.2) is 0 Å². The molecule has 0 saturated carbocycles. The van der Waals surface area contributed by atoms with Crippen molar-refractivity contribution in [3.8, 4) is 11.5 Å². The lowest BCUT2D eigenvalue weighted by Gasteiger charge is -2.16. The van der Waals surface area contributed by atoms with Gasteiger partial charge in [-0.15, -0.1) is 0 Å². The highest BCUT2D eigenvalue weighted by molar-refractivity contribution is 9.10. The number of rotatable bonds is 6. The van der Waals surface area contributed by atoms with Crippen molar-refractivity contribution in [1.29, 1.82) is 0 Å². The lowest BCUT2D eigenvalue weighted by atomic mass is 10.0. The topological polar surface area (TPSA) is 70.8 Å². The Kier molecular flexibility index (Phi) is 6.11. The number of halogens is 1. The van der Waals surface area contributed by atoms with E-state index in [1.54, 1.807) is 33.3 Å². The van der Waals surface area contributed by atoms with Gasteiger partial charge in [0.1, 0.15) is 0 Å². The molecule has 1 aromatic rings. The third-order valence-corrected chi connectivity index (χ3v) is 3.28. The van der Waals surface area contributed by atoms with Crippen LogP contribution in [-0.2, 0) is 9.53 Å². The lowest BCUT2D eigenvalue weighted by molar-refractivity contribution is -0.143. The molecule has 1 rings (SSSR count). The van der Waals surface area contributed by atoms with E-state index in [0.717, 1.165) is 10.0 Å². The number of carbonyl (C=O) groups is 1. The predicted octanol–water partition coefficient (Wildman–Crippen LogP) is 2.42. The number of esters is 1. The van der Waals surface area contributed by atoms with Gasteiger partial charge in [0.2, 0.25) is 0 Å². The van der Waals surface area contributed by atoms with Crippen molar-refractivity contribution >= 4 is 21.9 Å². The van der Waals surface area contributed by atoms with Crippen LogP contribution in [0.3, 0.4) is 0 Å². The summed E-state index contributed by atoms with van der Waals surface area (Å²) in [6, 6.07) is 3.06. The fraction of sp³-hybridized carbons (Fsp3) is 0.462. The number of methoxy groups -OCH3 is 2. The standard InChI is InChI=1S/C13H18BrNO4/c1-4-19-13(16)7-10(15)8-5-11(17-2)12(18-3)6-9(8)14/h5-6,10H,4,7,15H2,1-3H3. The molecule has 0 aliphatic heterocycles. The van der Waals surface area contributed by atoms with E-state index in [4.69, 9.17) is 19.9 Å². The van der Waals surface area contributed by atoms with Gasteiger partial charge in [0, 0.05) is 10.5 Å². The fourth-order valence-electron chi connectivity index (χ4n) is 1.66. The summed E-state index contributed by atoms with van der Waals surface area (Å²) in [4.78, 5) is 11.4. The number of nitrogens with two attached hydrogens (primary N) is 1. The molecule has 0 radical (unpaired) electrons. The van der Waals surface area contributed by atoms with Crippen LogP contribution in [0.1, 0.15) is 24.9 Å². The second-order valence-corrected chi connectivity index (χ2v) is 4.70. The molecule has 0 spiro atoms. The van der Waals surface area contributed by atoms with E-state index in [1.807, 2.05) is 0 Å². The smallest absolute Gasteiger partial charge is 0.307 e. The number of ether oxygens (including phenoxy) is 3. The maximum Gasteiger partial charge on any atom is 0.307 e. The molecule has 0 fully saturated rings. The number of hydrogen-bond acceptors (Lipinski definition) is 5. The molecule has 0 aromatic heterocycles. The Balaban J connectivity index is 2.96. The molecule has 0 amide bonds. The largest absolute Gasteiger partial charge is 0.493 e. The van der Waals surface area contributed by atoms with Crippen LogP contribution < -0.4 is 15.2 Å². The average Bonchev–Trinajstić information content (AvgIpc) is 2.38. The summed E-state index contributed by atoms with van der Waals surface area (Å²) < 4.78 is 16.1. The van der Waals surface area contributed by atoms with Gasteiger partial charge in [-0.3, -0.25) is 4.79 Å². The number of benzene rings is 1. The van der Waals surface area contributed by atoms with E-state index in [9.17, 15) is 4.79 Å². The zero-order chi connectivity index (χ0) is 14.4. The lowest BCUT2D eigenvalue weighted by Crippen LogP contribution is -2.17. The summed E-state index contributed by atoms with van der Waals surface area (Å²) in [5.41, 5.74) is 6.78. The summed E-state index contributed by atoms with van der Waals surface area (Å²) in [7, 11) is 3.11. The van der Waals surface area contributed by atoms with Crippen LogP contribution >= 0.6 is 15.9 Å². The first kappa shape index (κ1) is 15.8. The van der Waals surface area contributed by atoms with Crippen LogP contribution in [0.5, 0.6) is 11.5 Å². The van der Waals surface area contributed by atoms with Crippen molar-refractivity contribution in [2.24, 2.45) is 5.73 Å². The molecule has 19 heavy (non-hydrogen) atoms. The van der Waals surface area contributed by atoms with Gasteiger partial charge in [-0.2, -0.15) is 0 Å². The van der Waals surface area contributed by atoms with Crippen molar-refractivity contribution in [2.75, 3.05) is 20.8 Å². The zero-order valence-electron chi connectivity index (χ0n) is 11.2. The van der Waals surface area contributed by atoms with Crippen LogP contribution in [0.25, 0.3) is 0 Å². The van der Waals surface area contributed by atoms with Crippen molar-refractivity contribution in [1.82, 2.24) is 0 Å². The fourth-order valence-corrected chi connectivity index (χ4v) is 2.28. The Labute approximate surface area is 121 Å². The van der Waals surface area contributed by atoms with E-state index in [0.29, 0.717) is 18.1 Å². The molecule has 106 valence electrons. The summed E-state index contributed by atoms with van der Waals surface area (Å²) in [6.07, 6.45) is 0.113. The van der Waals surface area contributed by atoms with Crippen molar-refractivity contribution in [3.05, 3.63) is 22.2 Å². The summed E-state index contributed by atoms with van der Waals surface area (Å²) >= 11 is 3.41. The van der Waals surface area contributed by atoms with Crippen molar-refractivity contribution in [3.63, 3.8) is 0 Å². The molecule has 0 bridgehead atoms. The molecule has 0 aliphatic carbocycles. The quantitative estimate of drug-likeness (QED) is 0.810. The molecule has 1 aromatic carbocycles.